The van der Waals surface area contributed by atoms with E-state index in [9.17, 15) is 19.5 Å². The zero-order valence-corrected chi connectivity index (χ0v) is 35.1. The molecule has 10 atom stereocenters. The average Bonchev–Trinajstić information content (AvgIpc) is 3.27. The van der Waals surface area contributed by atoms with Crippen LogP contribution in [0.15, 0.2) is 115 Å². The molecule has 2 fully saturated rings. The Morgan fingerprint density at radius 2 is 0.984 bits per heavy atom. The highest BCUT2D eigenvalue weighted by atomic mass is 16.8. The van der Waals surface area contributed by atoms with Crippen molar-refractivity contribution in [3.63, 3.8) is 0 Å². The van der Waals surface area contributed by atoms with Gasteiger partial charge < -0.3 is 57.2 Å². The molecular weight excluding hydrogens is 805 g/mol. The summed E-state index contributed by atoms with van der Waals surface area (Å²) in [7, 11) is 1.58. The Morgan fingerprint density at radius 3 is 1.48 bits per heavy atom. The third kappa shape index (κ3) is 13.4. The quantitative estimate of drug-likeness (QED) is 0.0905. The van der Waals surface area contributed by atoms with Crippen molar-refractivity contribution < 1.29 is 71.6 Å². The highest BCUT2D eigenvalue weighted by Crippen LogP contribution is 2.36. The Balaban J connectivity index is 1.38. The largest absolute Gasteiger partial charge is 0.497 e. The van der Waals surface area contributed by atoms with Gasteiger partial charge in [0, 0.05) is 20.8 Å². The van der Waals surface area contributed by atoms with E-state index in [1.165, 1.54) is 20.8 Å². The zero-order valence-electron chi connectivity index (χ0n) is 35.1. The molecule has 0 aliphatic carbocycles. The van der Waals surface area contributed by atoms with Crippen LogP contribution in [0.5, 0.6) is 5.75 Å². The Morgan fingerprint density at radius 1 is 0.516 bits per heavy atom. The predicted octanol–water partition coefficient (Wildman–Crippen LogP) is 5.22. The van der Waals surface area contributed by atoms with Crippen LogP contribution in [-0.4, -0.2) is 105 Å². The van der Waals surface area contributed by atoms with E-state index >= 15 is 0 Å². The summed E-state index contributed by atoms with van der Waals surface area (Å²) in [6.07, 6.45) is -12.4. The van der Waals surface area contributed by atoms with E-state index in [4.69, 9.17) is 52.1 Å². The van der Waals surface area contributed by atoms with Crippen LogP contribution in [0.2, 0.25) is 0 Å². The lowest BCUT2D eigenvalue weighted by Gasteiger charge is -2.49. The number of esters is 3. The molecule has 332 valence electrons. The van der Waals surface area contributed by atoms with Gasteiger partial charge in [-0.15, -0.1) is 0 Å². The first kappa shape index (κ1) is 46.3. The average molecular weight is 859 g/mol. The fourth-order valence-electron chi connectivity index (χ4n) is 7.19. The van der Waals surface area contributed by atoms with E-state index in [-0.39, 0.29) is 39.6 Å². The zero-order chi connectivity index (χ0) is 43.8. The number of rotatable bonds is 20. The first-order chi connectivity index (χ1) is 30.1. The topological polar surface area (TPSA) is 173 Å². The maximum absolute atomic E-state index is 12.9. The molecule has 0 bridgehead atoms. The van der Waals surface area contributed by atoms with Crippen molar-refractivity contribution in [2.24, 2.45) is 0 Å². The van der Waals surface area contributed by atoms with Crippen molar-refractivity contribution in [1.82, 2.24) is 0 Å². The normalized spacial score (nSPS) is 26.0. The van der Waals surface area contributed by atoms with Crippen LogP contribution >= 0.6 is 0 Å². The molecule has 0 saturated carbocycles. The highest BCUT2D eigenvalue weighted by Gasteiger charge is 2.55. The number of aliphatic hydroxyl groups is 1. The maximum Gasteiger partial charge on any atom is 0.303 e. The van der Waals surface area contributed by atoms with Crippen LogP contribution in [0, 0.1) is 0 Å². The summed E-state index contributed by atoms with van der Waals surface area (Å²) in [6.45, 7) is 3.50. The van der Waals surface area contributed by atoms with Gasteiger partial charge in [-0.05, 0) is 34.4 Å². The second-order valence-corrected chi connectivity index (χ2v) is 14.8. The number of carbonyl (C=O) groups excluding carboxylic acids is 3. The fraction of sp³-hybridized carbons (Fsp3) is 0.426. The second kappa shape index (κ2) is 23.3. The van der Waals surface area contributed by atoms with E-state index in [1.54, 1.807) is 7.11 Å². The molecule has 0 aromatic heterocycles. The smallest absolute Gasteiger partial charge is 0.303 e. The Bertz CT molecular complexity index is 1970. The summed E-state index contributed by atoms with van der Waals surface area (Å²) in [4.78, 5) is 37.7. The number of ether oxygens (including phenoxy) is 11. The van der Waals surface area contributed by atoms with Gasteiger partial charge in [0.1, 0.15) is 49.0 Å². The third-order valence-corrected chi connectivity index (χ3v) is 10.1. The predicted molar refractivity (Wildman–Crippen MR) is 220 cm³/mol. The molecule has 15 nitrogen and oxygen atoms in total. The number of aliphatic hydroxyl groups excluding tert-OH is 1. The van der Waals surface area contributed by atoms with Crippen LogP contribution in [0.25, 0.3) is 0 Å². The number of hydrogen-bond acceptors (Lipinski definition) is 15. The fourth-order valence-corrected chi connectivity index (χ4v) is 7.19. The number of methoxy groups -OCH3 is 1. The van der Waals surface area contributed by atoms with Gasteiger partial charge >= 0.3 is 17.9 Å². The number of benzene rings is 4. The van der Waals surface area contributed by atoms with Crippen LogP contribution in [-0.2, 0) is 88.2 Å². The van der Waals surface area contributed by atoms with E-state index in [0.717, 1.165) is 22.3 Å². The third-order valence-electron chi connectivity index (χ3n) is 10.1. The monoisotopic (exact) mass is 858 g/mol. The van der Waals surface area contributed by atoms with Crippen LogP contribution in [0.4, 0.5) is 0 Å². The van der Waals surface area contributed by atoms with Gasteiger partial charge in [-0.2, -0.15) is 0 Å². The molecular formula is C47H54O15. The van der Waals surface area contributed by atoms with E-state index in [1.807, 2.05) is 115 Å². The summed E-state index contributed by atoms with van der Waals surface area (Å²) >= 11 is 0. The Hall–Kier alpha value is -5.23. The van der Waals surface area contributed by atoms with Gasteiger partial charge in [0.15, 0.2) is 24.8 Å². The summed E-state index contributed by atoms with van der Waals surface area (Å²) in [5.41, 5.74) is 3.27. The molecule has 6 rings (SSSR count). The molecule has 0 spiro atoms. The molecule has 62 heavy (non-hydrogen) atoms. The van der Waals surface area contributed by atoms with Crippen molar-refractivity contribution in [2.45, 2.75) is 109 Å². The maximum atomic E-state index is 12.9. The molecule has 15 heteroatoms. The lowest BCUT2D eigenvalue weighted by molar-refractivity contribution is -0.367. The van der Waals surface area contributed by atoms with Gasteiger partial charge in [-0.1, -0.05) is 103 Å². The molecule has 4 aromatic rings. The lowest BCUT2D eigenvalue weighted by Crippen LogP contribution is -2.66. The minimum absolute atomic E-state index is 0.00676. The number of carbonyl (C=O) groups is 3. The molecule has 4 aromatic carbocycles. The summed E-state index contributed by atoms with van der Waals surface area (Å²) < 4.78 is 67.8. The molecule has 2 heterocycles. The molecule has 0 amide bonds. The van der Waals surface area contributed by atoms with Crippen molar-refractivity contribution >= 4 is 17.9 Å². The SMILES string of the molecule is COc1ccc(COC[C@H]2O[C@@H](O)[C@H](OCc3ccccc3)[C@@H](OCc3ccccc3)[C@@H]2O[C@@H]2O[C@H](COC(C)=O)[C@@H](OC(C)=O)[C@H](OCc3ccccc3)[C@@H]2OC(C)=O)cc1. The van der Waals surface area contributed by atoms with Crippen molar-refractivity contribution in [1.29, 1.82) is 0 Å². The van der Waals surface area contributed by atoms with Gasteiger partial charge in [-0.25, -0.2) is 0 Å². The molecule has 2 aliphatic heterocycles. The highest BCUT2D eigenvalue weighted by molar-refractivity contribution is 5.67. The minimum Gasteiger partial charge on any atom is -0.497 e. The van der Waals surface area contributed by atoms with Gasteiger partial charge in [0.05, 0.1) is 40.1 Å². The molecule has 0 radical (unpaired) electrons. The van der Waals surface area contributed by atoms with E-state index in [2.05, 4.69) is 0 Å². The lowest BCUT2D eigenvalue weighted by atomic mass is 9.96. The van der Waals surface area contributed by atoms with Crippen molar-refractivity contribution in [2.75, 3.05) is 20.3 Å². The van der Waals surface area contributed by atoms with Crippen LogP contribution in [0.1, 0.15) is 43.0 Å². The van der Waals surface area contributed by atoms with E-state index < -0.39 is 79.3 Å². The Labute approximate surface area is 361 Å². The second-order valence-electron chi connectivity index (χ2n) is 14.8. The Kier molecular flexibility index (Phi) is 17.4. The van der Waals surface area contributed by atoms with Crippen LogP contribution < -0.4 is 4.74 Å². The van der Waals surface area contributed by atoms with Crippen molar-refractivity contribution in [3.05, 3.63) is 138 Å². The minimum atomic E-state index is -1.52. The summed E-state index contributed by atoms with van der Waals surface area (Å²) in [5.74, 6) is -1.33. The summed E-state index contributed by atoms with van der Waals surface area (Å²) in [6, 6.07) is 35.4. The first-order valence-corrected chi connectivity index (χ1v) is 20.4. The van der Waals surface area contributed by atoms with E-state index in [0.29, 0.717) is 5.75 Å². The first-order valence-electron chi connectivity index (χ1n) is 20.4. The van der Waals surface area contributed by atoms with Gasteiger partial charge in [-0.3, -0.25) is 14.4 Å². The number of hydrogen-bond donors (Lipinski definition) is 1. The van der Waals surface area contributed by atoms with Gasteiger partial charge in [0.25, 0.3) is 0 Å². The standard InChI is InChI=1S/C47H54O15/c1-30(48)54-29-39-40(58-31(2)49)43(56-26-34-16-10-6-11-17-34)45(59-32(3)50)47(61-39)62-41-38(28-53-24-36-20-22-37(52-4)23-21-36)60-46(51)44(57-27-35-18-12-7-13-19-35)42(41)55-25-33-14-8-5-9-15-33/h5-23,38-47,51H,24-29H2,1-4H3/t38-,39-,40-,41-,42+,43+,44-,45+,46-,47+/m1/s1. The van der Waals surface area contributed by atoms with Gasteiger partial charge in [0.2, 0.25) is 0 Å². The van der Waals surface area contributed by atoms with Crippen molar-refractivity contribution in [3.8, 4) is 5.75 Å². The molecule has 1 N–H and O–H groups in total. The summed E-state index contributed by atoms with van der Waals surface area (Å²) in [5, 5.41) is 11.7. The molecule has 2 saturated heterocycles. The molecule has 2 aliphatic rings. The van der Waals surface area contributed by atoms with Crippen LogP contribution in [0.3, 0.4) is 0 Å². The molecule has 0 unspecified atom stereocenters.